The number of anilines is 1. The number of esters is 1. The van der Waals surface area contributed by atoms with Gasteiger partial charge in [-0.25, -0.2) is 19.2 Å². The fraction of sp³-hybridized carbons (Fsp3) is 0.656. The first-order chi connectivity index (χ1) is 21.0. The van der Waals surface area contributed by atoms with Crippen molar-refractivity contribution in [1.82, 2.24) is 9.62 Å². The van der Waals surface area contributed by atoms with Crippen LogP contribution in [-0.2, 0) is 35.1 Å². The molecule has 1 heterocycles. The molecule has 0 bridgehead atoms. The Labute approximate surface area is 268 Å². The van der Waals surface area contributed by atoms with E-state index in [0.717, 1.165) is 25.7 Å². The van der Waals surface area contributed by atoms with Crippen molar-refractivity contribution in [2.75, 3.05) is 11.9 Å². The standard InChI is InChI=1S/C32H49N3O9S/c1-8-9-10-11-12-13-14-15-16-23(20-33-45(41)42)43-28(38)22-17-18-24(21(2)19-22)34-27(37)25(26(36)31(3,4)5)35-29(39)32(6,7)44-30(35)40/h17-19,23,25,33H,8-16,20H2,1-7H3,(H,34,37)(H,41,42)/p-1. The number of unbranched alkanes of at least 4 members (excludes halogenated alkanes) is 7. The van der Waals surface area contributed by atoms with Crippen LogP contribution in [0.3, 0.4) is 0 Å². The van der Waals surface area contributed by atoms with Crippen molar-refractivity contribution in [3.63, 3.8) is 0 Å². The van der Waals surface area contributed by atoms with Crippen LogP contribution in [0.4, 0.5) is 10.5 Å². The van der Waals surface area contributed by atoms with Crippen LogP contribution in [0.15, 0.2) is 18.2 Å². The highest BCUT2D eigenvalue weighted by Gasteiger charge is 2.55. The summed E-state index contributed by atoms with van der Waals surface area (Å²) in [4.78, 5) is 65.9. The third kappa shape index (κ3) is 11.3. The van der Waals surface area contributed by atoms with Crippen LogP contribution in [0.5, 0.6) is 0 Å². The summed E-state index contributed by atoms with van der Waals surface area (Å²) in [5.74, 6) is -3.03. The fourth-order valence-corrected chi connectivity index (χ4v) is 5.21. The zero-order valence-corrected chi connectivity index (χ0v) is 28.3. The first-order valence-corrected chi connectivity index (χ1v) is 16.6. The first-order valence-electron chi connectivity index (χ1n) is 15.6. The van der Waals surface area contributed by atoms with E-state index in [1.54, 1.807) is 27.7 Å². The first kappa shape index (κ1) is 38.0. The topological polar surface area (TPSA) is 171 Å². The molecule has 12 nitrogen and oxygen atoms in total. The summed E-state index contributed by atoms with van der Waals surface area (Å²) in [5.41, 5.74) is -1.72. The summed E-state index contributed by atoms with van der Waals surface area (Å²) in [7, 11) is 0. The van der Waals surface area contributed by atoms with Crippen molar-refractivity contribution in [3.05, 3.63) is 29.3 Å². The molecule has 3 amide bonds. The zero-order valence-electron chi connectivity index (χ0n) is 27.5. The highest BCUT2D eigenvalue weighted by Crippen LogP contribution is 2.30. The molecule has 1 saturated heterocycles. The van der Waals surface area contributed by atoms with Crippen molar-refractivity contribution in [3.8, 4) is 0 Å². The largest absolute Gasteiger partial charge is 0.760 e. The van der Waals surface area contributed by atoms with E-state index in [9.17, 15) is 32.7 Å². The van der Waals surface area contributed by atoms with Gasteiger partial charge in [-0.3, -0.25) is 18.6 Å². The molecule has 0 saturated carbocycles. The number of Topliss-reactive ketones (excluding diaryl/α,β-unsaturated/α-hetero) is 1. The summed E-state index contributed by atoms with van der Waals surface area (Å²) in [6.07, 6.45) is 7.50. The SMILES string of the molecule is CCCCCCCCCCC(CNS(=O)[O-])OC(=O)c1ccc(NC(=O)C(C(=O)C(C)(C)C)N2C(=O)OC(C)(C)C2=O)c(C)c1. The monoisotopic (exact) mass is 650 g/mol. The number of nitrogens with zero attached hydrogens (tertiary/aromatic N) is 1. The van der Waals surface area contributed by atoms with Crippen LogP contribution in [0.1, 0.15) is 115 Å². The highest BCUT2D eigenvalue weighted by molar-refractivity contribution is 7.77. The van der Waals surface area contributed by atoms with E-state index in [4.69, 9.17) is 9.47 Å². The quantitative estimate of drug-likeness (QED) is 0.0947. The number of benzene rings is 1. The van der Waals surface area contributed by atoms with E-state index in [2.05, 4.69) is 17.0 Å². The molecule has 45 heavy (non-hydrogen) atoms. The molecule has 0 aliphatic carbocycles. The second kappa shape index (κ2) is 17.0. The molecule has 1 fully saturated rings. The number of carbonyl (C=O) groups excluding carboxylic acids is 5. The number of hydrogen-bond acceptors (Lipinski definition) is 9. The van der Waals surface area contributed by atoms with E-state index < -0.39 is 64.1 Å². The summed E-state index contributed by atoms with van der Waals surface area (Å²) >= 11 is -2.50. The van der Waals surface area contributed by atoms with E-state index in [0.29, 0.717) is 16.9 Å². The molecule has 1 aromatic carbocycles. The second-order valence-electron chi connectivity index (χ2n) is 13.0. The molecule has 0 aromatic heterocycles. The van der Waals surface area contributed by atoms with E-state index in [-0.39, 0.29) is 17.8 Å². The Morgan fingerprint density at radius 3 is 2.16 bits per heavy atom. The smallest absolute Gasteiger partial charge is 0.418 e. The summed E-state index contributed by atoms with van der Waals surface area (Å²) < 4.78 is 35.2. The van der Waals surface area contributed by atoms with Crippen LogP contribution in [0.2, 0.25) is 0 Å². The van der Waals surface area contributed by atoms with Gasteiger partial charge in [-0.05, 0) is 57.4 Å². The average Bonchev–Trinajstić information content (AvgIpc) is 3.14. The van der Waals surface area contributed by atoms with Gasteiger partial charge in [0.05, 0.1) is 5.56 Å². The number of carbonyl (C=O) groups is 5. The van der Waals surface area contributed by atoms with E-state index in [1.165, 1.54) is 57.7 Å². The minimum Gasteiger partial charge on any atom is -0.760 e. The number of imide groups is 1. The van der Waals surface area contributed by atoms with Crippen molar-refractivity contribution < 1.29 is 42.2 Å². The normalized spacial score (nSPS) is 16.6. The number of ketones is 1. The molecule has 3 unspecified atom stereocenters. The van der Waals surface area contributed by atoms with Gasteiger partial charge in [0, 0.05) is 28.9 Å². The number of rotatable bonds is 18. The predicted octanol–water partition coefficient (Wildman–Crippen LogP) is 5.11. The Bertz CT molecular complexity index is 1260. The van der Waals surface area contributed by atoms with Gasteiger partial charge in [0.1, 0.15) is 6.10 Å². The van der Waals surface area contributed by atoms with Crippen LogP contribution in [-0.4, -0.2) is 67.6 Å². The van der Waals surface area contributed by atoms with E-state index >= 15 is 0 Å². The molecule has 1 aliphatic rings. The molecule has 3 atom stereocenters. The number of cyclic esters (lactones) is 1. The lowest BCUT2D eigenvalue weighted by Gasteiger charge is -2.28. The zero-order chi connectivity index (χ0) is 33.9. The van der Waals surface area contributed by atoms with Gasteiger partial charge in [0.15, 0.2) is 17.4 Å². The molecular formula is C32H48N3O9S-. The summed E-state index contributed by atoms with van der Waals surface area (Å²) in [5, 5.41) is 2.61. The lowest BCUT2D eigenvalue weighted by molar-refractivity contribution is -0.145. The maximum atomic E-state index is 13.5. The highest BCUT2D eigenvalue weighted by atomic mass is 32.2. The Morgan fingerprint density at radius 1 is 1.04 bits per heavy atom. The molecule has 1 aliphatic heterocycles. The molecule has 2 rings (SSSR count). The fourth-order valence-electron chi connectivity index (χ4n) is 4.89. The Balaban J connectivity index is 2.13. The van der Waals surface area contributed by atoms with Crippen molar-refractivity contribution in [1.29, 1.82) is 0 Å². The maximum absolute atomic E-state index is 13.5. The van der Waals surface area contributed by atoms with Gasteiger partial charge in [-0.15, -0.1) is 0 Å². The van der Waals surface area contributed by atoms with Crippen molar-refractivity contribution in [2.45, 2.75) is 124 Å². The van der Waals surface area contributed by atoms with Gasteiger partial charge in [0.25, 0.3) is 11.8 Å². The van der Waals surface area contributed by atoms with Gasteiger partial charge in [-0.2, -0.15) is 0 Å². The third-order valence-corrected chi connectivity index (χ3v) is 7.97. The van der Waals surface area contributed by atoms with Crippen molar-refractivity contribution in [2.24, 2.45) is 5.41 Å². The summed E-state index contributed by atoms with van der Waals surface area (Å²) in [6, 6.07) is 2.60. The number of ether oxygens (including phenoxy) is 2. The molecule has 13 heteroatoms. The second-order valence-corrected chi connectivity index (χ2v) is 13.7. The van der Waals surface area contributed by atoms with Gasteiger partial charge < -0.3 is 19.3 Å². The molecule has 2 N–H and O–H groups in total. The molecule has 0 spiro atoms. The minimum absolute atomic E-state index is 0.0525. The minimum atomic E-state index is -2.50. The van der Waals surface area contributed by atoms with E-state index in [1.807, 2.05) is 0 Å². The predicted molar refractivity (Wildman–Crippen MR) is 169 cm³/mol. The Morgan fingerprint density at radius 2 is 1.64 bits per heavy atom. The lowest BCUT2D eigenvalue weighted by Crippen LogP contribution is -2.55. The summed E-state index contributed by atoms with van der Waals surface area (Å²) in [6.45, 7) is 11.2. The van der Waals surface area contributed by atoms with Crippen LogP contribution in [0, 0.1) is 12.3 Å². The van der Waals surface area contributed by atoms with Gasteiger partial charge in [-0.1, -0.05) is 72.6 Å². The molecule has 1 aromatic rings. The van der Waals surface area contributed by atoms with Gasteiger partial charge in [0.2, 0.25) is 0 Å². The molecular weight excluding hydrogens is 602 g/mol. The van der Waals surface area contributed by atoms with Crippen LogP contribution in [0.25, 0.3) is 0 Å². The molecule has 252 valence electrons. The van der Waals surface area contributed by atoms with Crippen LogP contribution < -0.4 is 10.0 Å². The van der Waals surface area contributed by atoms with Crippen LogP contribution >= 0.6 is 0 Å². The van der Waals surface area contributed by atoms with Crippen molar-refractivity contribution >= 4 is 46.6 Å². The Hall–Kier alpha value is -3.16. The lowest BCUT2D eigenvalue weighted by atomic mass is 9.85. The Kier molecular flexibility index (Phi) is 14.3. The third-order valence-electron chi connectivity index (χ3n) is 7.57. The molecule has 0 radical (unpaired) electrons. The number of amides is 3. The number of hydrogen-bond donors (Lipinski definition) is 2. The number of aryl methyl sites for hydroxylation is 1. The number of nitrogens with one attached hydrogen (secondary N) is 2. The average molecular weight is 651 g/mol. The maximum Gasteiger partial charge on any atom is 0.418 e. The van der Waals surface area contributed by atoms with Gasteiger partial charge >= 0.3 is 12.1 Å².